The average molecular weight is 433 g/mol. The number of carboxylic acids is 1. The van der Waals surface area contributed by atoms with Crippen molar-refractivity contribution in [2.24, 2.45) is 0 Å². The van der Waals surface area contributed by atoms with E-state index in [1.54, 1.807) is 0 Å². The van der Waals surface area contributed by atoms with Crippen molar-refractivity contribution in [3.05, 3.63) is 23.0 Å². The predicted molar refractivity (Wildman–Crippen MR) is 117 cm³/mol. The van der Waals surface area contributed by atoms with Crippen LogP contribution in [0.5, 0.6) is 0 Å². The van der Waals surface area contributed by atoms with Crippen LogP contribution in [0.2, 0.25) is 0 Å². The molecular formula is C21H29ClN6O2. The van der Waals surface area contributed by atoms with Gasteiger partial charge in [-0.15, -0.1) is 12.4 Å². The quantitative estimate of drug-likeness (QED) is 0.656. The summed E-state index contributed by atoms with van der Waals surface area (Å²) < 4.78 is 0. The lowest BCUT2D eigenvalue weighted by atomic mass is 9.87. The van der Waals surface area contributed by atoms with E-state index < -0.39 is 12.0 Å². The van der Waals surface area contributed by atoms with Crippen LogP contribution < -0.4 is 10.2 Å². The van der Waals surface area contributed by atoms with E-state index in [1.165, 1.54) is 37.8 Å². The Hall–Kier alpha value is -2.35. The molecule has 1 saturated carbocycles. The number of aryl methyl sites for hydroxylation is 1. The van der Waals surface area contributed by atoms with Crippen LogP contribution in [0.15, 0.2) is 6.07 Å². The highest BCUT2D eigenvalue weighted by Crippen LogP contribution is 2.35. The summed E-state index contributed by atoms with van der Waals surface area (Å²) in [5, 5.41) is 20.6. The Labute approximate surface area is 182 Å². The normalized spacial score (nSPS) is 21.3. The minimum atomic E-state index is -0.800. The van der Waals surface area contributed by atoms with Crippen molar-refractivity contribution in [2.75, 3.05) is 16.8 Å². The van der Waals surface area contributed by atoms with Crippen LogP contribution in [-0.4, -0.2) is 43.8 Å². The fourth-order valence-corrected chi connectivity index (χ4v) is 5.06. The van der Waals surface area contributed by atoms with Gasteiger partial charge in [0.05, 0.1) is 5.69 Å². The van der Waals surface area contributed by atoms with Gasteiger partial charge < -0.3 is 15.3 Å². The summed E-state index contributed by atoms with van der Waals surface area (Å²) in [7, 11) is 0. The molecule has 0 amide bonds. The molecule has 0 radical (unpaired) electrons. The Bertz CT molecular complexity index is 911. The fraction of sp³-hybridized carbons (Fsp3) is 0.619. The molecule has 1 atom stereocenters. The number of nitrogens with zero attached hydrogens (tertiary/aromatic N) is 4. The second kappa shape index (κ2) is 8.79. The average Bonchev–Trinajstić information content (AvgIpc) is 3.48. The largest absolute Gasteiger partial charge is 0.480 e. The topological polar surface area (TPSA) is 107 Å². The summed E-state index contributed by atoms with van der Waals surface area (Å²) in [6.45, 7) is 0.684. The number of aromatic amines is 1. The van der Waals surface area contributed by atoms with E-state index in [4.69, 9.17) is 9.97 Å². The first kappa shape index (κ1) is 20.9. The summed E-state index contributed by atoms with van der Waals surface area (Å²) in [5.74, 6) is 1.85. The smallest absolute Gasteiger partial charge is 0.326 e. The predicted octanol–water partition coefficient (Wildman–Crippen LogP) is 3.95. The Balaban J connectivity index is 0.00000218. The zero-order chi connectivity index (χ0) is 19.8. The maximum Gasteiger partial charge on any atom is 0.326 e. The van der Waals surface area contributed by atoms with Gasteiger partial charge >= 0.3 is 5.97 Å². The first-order chi connectivity index (χ1) is 14.2. The van der Waals surface area contributed by atoms with Crippen LogP contribution in [0, 0.1) is 0 Å². The van der Waals surface area contributed by atoms with Gasteiger partial charge in [0.2, 0.25) is 5.95 Å². The van der Waals surface area contributed by atoms with Crippen molar-refractivity contribution in [3.8, 4) is 0 Å². The van der Waals surface area contributed by atoms with Gasteiger partial charge in [-0.05, 0) is 44.9 Å². The number of hydrogen-bond acceptors (Lipinski definition) is 6. The minimum absolute atomic E-state index is 0. The Morgan fingerprint density at radius 2 is 1.93 bits per heavy atom. The van der Waals surface area contributed by atoms with Crippen molar-refractivity contribution < 1.29 is 9.90 Å². The molecule has 2 aliphatic carbocycles. The van der Waals surface area contributed by atoms with E-state index >= 15 is 0 Å². The number of hydrogen-bond donors (Lipinski definition) is 3. The molecule has 3 N–H and O–H groups in total. The van der Waals surface area contributed by atoms with Gasteiger partial charge in [-0.25, -0.2) is 9.78 Å². The van der Waals surface area contributed by atoms with Crippen molar-refractivity contribution >= 4 is 36.0 Å². The molecule has 3 heterocycles. The van der Waals surface area contributed by atoms with Crippen LogP contribution >= 0.6 is 12.4 Å². The highest BCUT2D eigenvalue weighted by Gasteiger charge is 2.33. The molecule has 162 valence electrons. The molecule has 2 aromatic rings. The first-order valence-electron chi connectivity index (χ1n) is 10.9. The van der Waals surface area contributed by atoms with E-state index in [9.17, 15) is 9.90 Å². The van der Waals surface area contributed by atoms with Gasteiger partial charge in [0.15, 0.2) is 5.82 Å². The van der Waals surface area contributed by atoms with Gasteiger partial charge in [0, 0.05) is 29.8 Å². The fourth-order valence-electron chi connectivity index (χ4n) is 5.06. The Morgan fingerprint density at radius 1 is 1.10 bits per heavy atom. The number of halogens is 1. The molecule has 0 aromatic carbocycles. The minimum Gasteiger partial charge on any atom is -0.480 e. The molecule has 2 aromatic heterocycles. The molecule has 8 nitrogen and oxygen atoms in total. The third-order valence-electron chi connectivity index (χ3n) is 6.61. The van der Waals surface area contributed by atoms with Crippen LogP contribution in [-0.2, 0) is 17.6 Å². The standard InChI is InChI=1S/C21H28N6O2.ClH/c28-20(29)17-10-5-11-27(17)21-22-15-9-4-8-14(15)19(24-21)23-18-12-16(25-26-18)13-6-2-1-3-7-13;/h12-13,17H,1-11H2,(H,28,29)(H2,22,23,24,25,26);1H/t17-;/m1./s1. The molecule has 1 aliphatic heterocycles. The van der Waals surface area contributed by atoms with Crippen LogP contribution in [0.3, 0.4) is 0 Å². The van der Waals surface area contributed by atoms with Gasteiger partial charge in [0.1, 0.15) is 11.9 Å². The summed E-state index contributed by atoms with van der Waals surface area (Å²) in [6, 6.07) is 1.57. The van der Waals surface area contributed by atoms with Gasteiger partial charge in [0.25, 0.3) is 0 Å². The second-order valence-electron chi connectivity index (χ2n) is 8.51. The Morgan fingerprint density at radius 3 is 2.73 bits per heavy atom. The number of nitrogens with one attached hydrogen (secondary N) is 2. The zero-order valence-corrected chi connectivity index (χ0v) is 17.9. The number of H-pyrrole nitrogens is 1. The van der Waals surface area contributed by atoms with E-state index in [2.05, 4.69) is 21.6 Å². The van der Waals surface area contributed by atoms with Crippen LogP contribution in [0.4, 0.5) is 17.6 Å². The summed E-state index contributed by atoms with van der Waals surface area (Å²) in [4.78, 5) is 23.0. The molecule has 5 rings (SSSR count). The molecule has 0 unspecified atom stereocenters. The zero-order valence-electron chi connectivity index (χ0n) is 17.1. The van der Waals surface area contributed by atoms with E-state index in [0.717, 1.165) is 48.6 Å². The van der Waals surface area contributed by atoms with E-state index in [1.807, 2.05) is 4.90 Å². The maximum atomic E-state index is 11.6. The molecule has 0 spiro atoms. The Kier molecular flexibility index (Phi) is 6.13. The molecular weight excluding hydrogens is 404 g/mol. The molecule has 0 bridgehead atoms. The number of aliphatic carboxylic acids is 1. The maximum absolute atomic E-state index is 11.6. The third kappa shape index (κ3) is 3.97. The lowest BCUT2D eigenvalue weighted by Gasteiger charge is -2.23. The number of rotatable bonds is 5. The second-order valence-corrected chi connectivity index (χ2v) is 8.51. The summed E-state index contributed by atoms with van der Waals surface area (Å²) in [6.07, 6.45) is 10.8. The number of carbonyl (C=O) groups is 1. The van der Waals surface area contributed by atoms with E-state index in [0.29, 0.717) is 24.8 Å². The highest BCUT2D eigenvalue weighted by atomic mass is 35.5. The monoisotopic (exact) mass is 432 g/mol. The first-order valence-corrected chi connectivity index (χ1v) is 10.9. The number of fused-ring (bicyclic) bond motifs is 1. The molecule has 2 fully saturated rings. The van der Waals surface area contributed by atoms with Crippen molar-refractivity contribution in [3.63, 3.8) is 0 Å². The van der Waals surface area contributed by atoms with Gasteiger partial charge in [-0.3, -0.25) is 5.10 Å². The van der Waals surface area contributed by atoms with E-state index in [-0.39, 0.29) is 12.4 Å². The molecule has 1 saturated heterocycles. The van der Waals surface area contributed by atoms with Crippen molar-refractivity contribution in [1.82, 2.24) is 20.2 Å². The summed E-state index contributed by atoms with van der Waals surface area (Å²) in [5.41, 5.74) is 3.38. The number of anilines is 3. The molecule has 9 heteroatoms. The number of carboxylic acid groups (broad SMARTS) is 1. The number of aromatic nitrogens is 4. The highest BCUT2D eigenvalue weighted by molar-refractivity contribution is 5.85. The third-order valence-corrected chi connectivity index (χ3v) is 6.61. The van der Waals surface area contributed by atoms with Gasteiger partial charge in [-0.1, -0.05) is 19.3 Å². The molecule has 3 aliphatic rings. The van der Waals surface area contributed by atoms with Crippen molar-refractivity contribution in [2.45, 2.75) is 76.2 Å². The SMILES string of the molecule is Cl.O=C(O)[C@H]1CCCN1c1nc2c(c(Nc3cc(C4CCCCC4)[nH]n3)n1)CCC2. The van der Waals surface area contributed by atoms with Crippen LogP contribution in [0.25, 0.3) is 0 Å². The van der Waals surface area contributed by atoms with Crippen molar-refractivity contribution in [1.29, 1.82) is 0 Å². The lowest BCUT2D eigenvalue weighted by Crippen LogP contribution is -2.37. The van der Waals surface area contributed by atoms with Crippen LogP contribution in [0.1, 0.15) is 74.2 Å². The summed E-state index contributed by atoms with van der Waals surface area (Å²) >= 11 is 0. The lowest BCUT2D eigenvalue weighted by molar-refractivity contribution is -0.138. The molecule has 30 heavy (non-hydrogen) atoms. The van der Waals surface area contributed by atoms with Gasteiger partial charge in [-0.2, -0.15) is 10.1 Å².